The molecule has 0 bridgehead atoms. The molecule has 0 aliphatic rings. The molecule has 2 N–H and O–H groups in total. The molecule has 0 aromatic carbocycles. The van der Waals surface area contributed by atoms with Crippen molar-refractivity contribution in [1.29, 1.82) is 0 Å². The lowest BCUT2D eigenvalue weighted by Gasteiger charge is -2.08. The summed E-state index contributed by atoms with van der Waals surface area (Å²) in [4.78, 5) is 0. The second-order valence-corrected chi connectivity index (χ2v) is 6.37. The molecular formula is C10H19N3O2S. The lowest BCUT2D eigenvalue weighted by molar-refractivity contribution is 0.576. The van der Waals surface area contributed by atoms with Gasteiger partial charge in [-0.1, -0.05) is 6.92 Å². The van der Waals surface area contributed by atoms with Gasteiger partial charge in [-0.05, 0) is 18.9 Å². The van der Waals surface area contributed by atoms with Crippen LogP contribution in [0.1, 0.15) is 31.5 Å². The fourth-order valence-electron chi connectivity index (χ4n) is 1.45. The van der Waals surface area contributed by atoms with Crippen LogP contribution in [0.25, 0.3) is 0 Å². The van der Waals surface area contributed by atoms with E-state index in [1.807, 2.05) is 19.3 Å². The average Bonchev–Trinajstić information content (AvgIpc) is 2.64. The molecule has 0 fully saturated rings. The molecule has 0 spiro atoms. The van der Waals surface area contributed by atoms with Crippen molar-refractivity contribution < 1.29 is 8.42 Å². The van der Waals surface area contributed by atoms with E-state index in [9.17, 15) is 8.42 Å². The molecule has 1 aromatic heterocycles. The second kappa shape index (κ2) is 5.45. The van der Waals surface area contributed by atoms with E-state index in [2.05, 4.69) is 5.10 Å². The third-order valence-corrected chi connectivity index (χ3v) is 4.31. The van der Waals surface area contributed by atoms with E-state index in [4.69, 9.17) is 5.73 Å². The molecule has 5 nitrogen and oxygen atoms in total. The van der Waals surface area contributed by atoms with Crippen LogP contribution < -0.4 is 5.73 Å². The highest BCUT2D eigenvalue weighted by atomic mass is 32.2. The quantitative estimate of drug-likeness (QED) is 0.797. The normalized spacial score (nSPS) is 13.9. The number of aryl methyl sites for hydroxylation is 1. The molecular weight excluding hydrogens is 226 g/mol. The molecule has 92 valence electrons. The molecule has 16 heavy (non-hydrogen) atoms. The largest absolute Gasteiger partial charge is 0.323 e. The number of hydrogen-bond acceptors (Lipinski definition) is 4. The molecule has 0 aliphatic heterocycles. The topological polar surface area (TPSA) is 78.0 Å². The molecule has 6 heteroatoms. The summed E-state index contributed by atoms with van der Waals surface area (Å²) in [7, 11) is -1.04. The Balaban J connectivity index is 2.39. The average molecular weight is 245 g/mol. The highest BCUT2D eigenvalue weighted by Gasteiger charge is 2.12. The molecule has 1 unspecified atom stereocenters. The Hall–Kier alpha value is -0.880. The van der Waals surface area contributed by atoms with Crippen molar-refractivity contribution in [2.75, 3.05) is 11.5 Å². The molecule has 1 atom stereocenters. The first-order valence-corrected chi connectivity index (χ1v) is 7.22. The van der Waals surface area contributed by atoms with Crippen molar-refractivity contribution in [3.05, 3.63) is 18.0 Å². The van der Waals surface area contributed by atoms with Gasteiger partial charge in [0.05, 0.1) is 11.4 Å². The first-order chi connectivity index (χ1) is 7.44. The van der Waals surface area contributed by atoms with Gasteiger partial charge in [0.25, 0.3) is 0 Å². The van der Waals surface area contributed by atoms with Crippen molar-refractivity contribution in [2.24, 2.45) is 12.8 Å². The van der Waals surface area contributed by atoms with E-state index in [1.54, 1.807) is 11.6 Å². The third-order valence-electron chi connectivity index (χ3n) is 2.52. The Kier molecular flexibility index (Phi) is 4.49. The second-order valence-electron chi connectivity index (χ2n) is 3.90. The summed E-state index contributed by atoms with van der Waals surface area (Å²) in [6.45, 7) is 1.66. The van der Waals surface area contributed by atoms with Gasteiger partial charge in [-0.3, -0.25) is 4.68 Å². The minimum Gasteiger partial charge on any atom is -0.323 e. The summed E-state index contributed by atoms with van der Waals surface area (Å²) in [6.07, 6.45) is 3.07. The molecule has 1 aromatic rings. The number of rotatable bonds is 6. The number of hydrogen-bond donors (Lipinski definition) is 1. The molecule has 0 saturated heterocycles. The Bertz CT molecular complexity index is 425. The molecule has 0 radical (unpaired) electrons. The van der Waals surface area contributed by atoms with E-state index < -0.39 is 9.84 Å². The van der Waals surface area contributed by atoms with Crippen molar-refractivity contribution in [2.45, 2.75) is 25.8 Å². The SMILES string of the molecule is CCS(=O)(=O)CCCC(N)c1ccn(C)n1. The van der Waals surface area contributed by atoms with E-state index in [0.29, 0.717) is 12.8 Å². The lowest BCUT2D eigenvalue weighted by Crippen LogP contribution is -2.15. The van der Waals surface area contributed by atoms with Crippen LogP contribution in [-0.2, 0) is 16.9 Å². The smallest absolute Gasteiger partial charge is 0.150 e. The van der Waals surface area contributed by atoms with Gasteiger partial charge < -0.3 is 5.73 Å². The minimum absolute atomic E-state index is 0.173. The fraction of sp³-hybridized carbons (Fsp3) is 0.700. The number of nitrogens with zero attached hydrogens (tertiary/aromatic N) is 2. The summed E-state index contributed by atoms with van der Waals surface area (Å²) in [5, 5.41) is 4.19. The Morgan fingerprint density at radius 3 is 2.75 bits per heavy atom. The van der Waals surface area contributed by atoms with Crippen LogP contribution in [0.4, 0.5) is 0 Å². The number of sulfone groups is 1. The van der Waals surface area contributed by atoms with Crippen molar-refractivity contribution in [3.8, 4) is 0 Å². The van der Waals surface area contributed by atoms with Crippen LogP contribution in [0.3, 0.4) is 0 Å². The molecule has 1 rings (SSSR count). The molecule has 0 aliphatic carbocycles. The van der Waals surface area contributed by atoms with Gasteiger partial charge in [0.15, 0.2) is 0 Å². The van der Waals surface area contributed by atoms with Gasteiger partial charge in [-0.25, -0.2) is 8.42 Å². The van der Waals surface area contributed by atoms with Gasteiger partial charge in [-0.2, -0.15) is 5.10 Å². The van der Waals surface area contributed by atoms with E-state index in [0.717, 1.165) is 5.69 Å². The maximum absolute atomic E-state index is 11.3. The van der Waals surface area contributed by atoms with Crippen molar-refractivity contribution in [3.63, 3.8) is 0 Å². The Morgan fingerprint density at radius 1 is 1.56 bits per heavy atom. The zero-order chi connectivity index (χ0) is 12.2. The maximum Gasteiger partial charge on any atom is 0.150 e. The highest BCUT2D eigenvalue weighted by molar-refractivity contribution is 7.91. The standard InChI is InChI=1S/C10H19N3O2S/c1-3-16(14,15)8-4-5-9(11)10-6-7-13(2)12-10/h6-7,9H,3-5,8,11H2,1-2H3. The van der Waals surface area contributed by atoms with E-state index >= 15 is 0 Å². The molecule has 0 saturated carbocycles. The van der Waals surface area contributed by atoms with Gasteiger partial charge in [-0.15, -0.1) is 0 Å². The summed E-state index contributed by atoms with van der Waals surface area (Å²) in [5.41, 5.74) is 6.72. The predicted octanol–water partition coefficient (Wildman–Crippen LogP) is 0.635. The summed E-state index contributed by atoms with van der Waals surface area (Å²) >= 11 is 0. The monoisotopic (exact) mass is 245 g/mol. The van der Waals surface area contributed by atoms with Gasteiger partial charge in [0.2, 0.25) is 0 Å². The first kappa shape index (κ1) is 13.2. The van der Waals surface area contributed by atoms with Crippen LogP contribution in [0.5, 0.6) is 0 Å². The maximum atomic E-state index is 11.3. The zero-order valence-electron chi connectivity index (χ0n) is 9.76. The summed E-state index contributed by atoms with van der Waals surface area (Å²) in [6, 6.07) is 1.69. The highest BCUT2D eigenvalue weighted by Crippen LogP contribution is 2.13. The summed E-state index contributed by atoms with van der Waals surface area (Å²) in [5.74, 6) is 0.413. The van der Waals surface area contributed by atoms with Crippen LogP contribution in [0, 0.1) is 0 Å². The van der Waals surface area contributed by atoms with Crippen molar-refractivity contribution in [1.82, 2.24) is 9.78 Å². The van der Waals surface area contributed by atoms with Gasteiger partial charge in [0, 0.05) is 25.0 Å². The first-order valence-electron chi connectivity index (χ1n) is 5.40. The van der Waals surface area contributed by atoms with Gasteiger partial charge >= 0.3 is 0 Å². The Morgan fingerprint density at radius 2 is 2.25 bits per heavy atom. The zero-order valence-corrected chi connectivity index (χ0v) is 10.6. The number of aromatic nitrogens is 2. The van der Waals surface area contributed by atoms with Crippen LogP contribution in [0.2, 0.25) is 0 Å². The minimum atomic E-state index is -2.87. The van der Waals surface area contributed by atoms with Crippen molar-refractivity contribution >= 4 is 9.84 Å². The van der Waals surface area contributed by atoms with Crippen LogP contribution in [0.15, 0.2) is 12.3 Å². The lowest BCUT2D eigenvalue weighted by atomic mass is 10.1. The fourth-order valence-corrected chi connectivity index (χ4v) is 2.34. The molecule has 0 amide bonds. The van der Waals surface area contributed by atoms with E-state index in [-0.39, 0.29) is 17.5 Å². The van der Waals surface area contributed by atoms with Crippen LogP contribution >= 0.6 is 0 Å². The summed E-state index contributed by atoms with van der Waals surface area (Å²) < 4.78 is 24.2. The van der Waals surface area contributed by atoms with Crippen LogP contribution in [-0.4, -0.2) is 29.7 Å². The molecule has 1 heterocycles. The predicted molar refractivity (Wildman–Crippen MR) is 63.7 cm³/mol. The van der Waals surface area contributed by atoms with E-state index in [1.165, 1.54) is 0 Å². The number of nitrogens with two attached hydrogens (primary N) is 1. The third kappa shape index (κ3) is 3.94. The Labute approximate surface area is 96.6 Å². The van der Waals surface area contributed by atoms with Gasteiger partial charge in [0.1, 0.15) is 9.84 Å².